The molecule has 3 heteroatoms. The summed E-state index contributed by atoms with van der Waals surface area (Å²) >= 11 is 0. The maximum absolute atomic E-state index is 12.0. The third kappa shape index (κ3) is 2.90. The Labute approximate surface area is 96.5 Å². The minimum atomic E-state index is 0.224. The fraction of sp³-hybridized carbons (Fsp3) is 0.462. The third-order valence-corrected chi connectivity index (χ3v) is 2.95. The molecule has 0 atom stereocenters. The van der Waals surface area contributed by atoms with Crippen LogP contribution in [0.1, 0.15) is 15.9 Å². The molecule has 0 aliphatic carbocycles. The number of carbonyl (C=O) groups excluding carboxylic acids is 1. The van der Waals surface area contributed by atoms with Gasteiger partial charge in [0.1, 0.15) is 0 Å². The van der Waals surface area contributed by atoms with Crippen LogP contribution in [0.3, 0.4) is 0 Å². The minimum Gasteiger partial charge on any atom is -0.314 e. The summed E-state index contributed by atoms with van der Waals surface area (Å²) in [4.78, 5) is 14.2. The van der Waals surface area contributed by atoms with Crippen molar-refractivity contribution < 1.29 is 4.79 Å². The number of piperazine rings is 1. The first-order valence-corrected chi connectivity index (χ1v) is 5.78. The van der Waals surface area contributed by atoms with Gasteiger partial charge >= 0.3 is 0 Å². The zero-order chi connectivity index (χ0) is 11.4. The van der Waals surface area contributed by atoms with E-state index in [1.54, 1.807) is 0 Å². The molecule has 0 bridgehead atoms. The Morgan fingerprint density at radius 1 is 1.25 bits per heavy atom. The predicted molar refractivity (Wildman–Crippen MR) is 64.8 cm³/mol. The lowest BCUT2D eigenvalue weighted by Gasteiger charge is -2.26. The average molecular weight is 218 g/mol. The number of aryl methyl sites for hydroxylation is 1. The molecule has 2 rings (SSSR count). The maximum atomic E-state index is 12.0. The Morgan fingerprint density at radius 2 is 1.88 bits per heavy atom. The first kappa shape index (κ1) is 11.3. The van der Waals surface area contributed by atoms with Crippen molar-refractivity contribution in [3.05, 3.63) is 35.4 Å². The number of hydrogen-bond donors (Lipinski definition) is 1. The van der Waals surface area contributed by atoms with E-state index in [0.29, 0.717) is 6.54 Å². The van der Waals surface area contributed by atoms with Gasteiger partial charge in [-0.1, -0.05) is 29.8 Å². The number of benzene rings is 1. The lowest BCUT2D eigenvalue weighted by atomic mass is 10.1. The Balaban J connectivity index is 1.94. The highest BCUT2D eigenvalue weighted by Crippen LogP contribution is 2.05. The van der Waals surface area contributed by atoms with E-state index in [4.69, 9.17) is 0 Å². The maximum Gasteiger partial charge on any atom is 0.176 e. The second kappa shape index (κ2) is 5.23. The third-order valence-electron chi connectivity index (χ3n) is 2.95. The normalized spacial score (nSPS) is 17.3. The fourth-order valence-electron chi connectivity index (χ4n) is 1.90. The van der Waals surface area contributed by atoms with Gasteiger partial charge in [-0.25, -0.2) is 0 Å². The van der Waals surface area contributed by atoms with Gasteiger partial charge in [-0.05, 0) is 6.92 Å². The molecule has 1 aliphatic heterocycles. The van der Waals surface area contributed by atoms with Crippen LogP contribution in [-0.4, -0.2) is 43.4 Å². The van der Waals surface area contributed by atoms with E-state index in [1.807, 2.05) is 31.2 Å². The van der Waals surface area contributed by atoms with Crippen molar-refractivity contribution in [2.45, 2.75) is 6.92 Å². The van der Waals surface area contributed by atoms with Crippen LogP contribution in [0.15, 0.2) is 24.3 Å². The average Bonchev–Trinajstić information content (AvgIpc) is 2.31. The summed E-state index contributed by atoms with van der Waals surface area (Å²) in [6.07, 6.45) is 0. The number of Topliss-reactive ketones (excluding diaryl/α,β-unsaturated/α-hetero) is 1. The van der Waals surface area contributed by atoms with Gasteiger partial charge in [-0.3, -0.25) is 9.69 Å². The Kier molecular flexibility index (Phi) is 3.70. The predicted octanol–water partition coefficient (Wildman–Crippen LogP) is 1.08. The van der Waals surface area contributed by atoms with Gasteiger partial charge in [0.05, 0.1) is 6.54 Å². The summed E-state index contributed by atoms with van der Waals surface area (Å²) < 4.78 is 0. The molecule has 1 aromatic rings. The molecule has 1 aromatic carbocycles. The number of carbonyl (C=O) groups is 1. The van der Waals surface area contributed by atoms with Gasteiger partial charge in [0.2, 0.25) is 0 Å². The first-order valence-electron chi connectivity index (χ1n) is 5.78. The fourth-order valence-corrected chi connectivity index (χ4v) is 1.90. The quantitative estimate of drug-likeness (QED) is 0.771. The number of rotatable bonds is 3. The van der Waals surface area contributed by atoms with Crippen LogP contribution in [0, 0.1) is 6.92 Å². The molecule has 1 saturated heterocycles. The second-order valence-corrected chi connectivity index (χ2v) is 4.32. The van der Waals surface area contributed by atoms with E-state index in [0.717, 1.165) is 31.7 Å². The highest BCUT2D eigenvalue weighted by Gasteiger charge is 2.14. The summed E-state index contributed by atoms with van der Waals surface area (Å²) in [5.74, 6) is 0.224. The molecule has 3 nitrogen and oxygen atoms in total. The van der Waals surface area contributed by atoms with Crippen molar-refractivity contribution in [3.8, 4) is 0 Å². The number of ketones is 1. The molecule has 86 valence electrons. The van der Waals surface area contributed by atoms with Crippen LogP contribution in [0.25, 0.3) is 0 Å². The van der Waals surface area contributed by atoms with Gasteiger partial charge in [-0.15, -0.1) is 0 Å². The minimum absolute atomic E-state index is 0.224. The highest BCUT2D eigenvalue weighted by molar-refractivity contribution is 5.97. The number of hydrogen-bond acceptors (Lipinski definition) is 3. The lowest BCUT2D eigenvalue weighted by molar-refractivity contribution is 0.0921. The van der Waals surface area contributed by atoms with Crippen molar-refractivity contribution in [2.75, 3.05) is 32.7 Å². The molecule has 0 aromatic heterocycles. The highest BCUT2D eigenvalue weighted by atomic mass is 16.1. The largest absolute Gasteiger partial charge is 0.314 e. The second-order valence-electron chi connectivity index (χ2n) is 4.32. The monoisotopic (exact) mass is 218 g/mol. The molecular weight excluding hydrogens is 200 g/mol. The topological polar surface area (TPSA) is 32.3 Å². The van der Waals surface area contributed by atoms with Gasteiger partial charge in [0.15, 0.2) is 5.78 Å². The van der Waals surface area contributed by atoms with Crippen molar-refractivity contribution in [1.82, 2.24) is 10.2 Å². The molecule has 0 spiro atoms. The lowest BCUT2D eigenvalue weighted by Crippen LogP contribution is -2.45. The molecule has 0 radical (unpaired) electrons. The van der Waals surface area contributed by atoms with Crippen molar-refractivity contribution >= 4 is 5.78 Å². The zero-order valence-electron chi connectivity index (χ0n) is 9.70. The van der Waals surface area contributed by atoms with E-state index in [-0.39, 0.29) is 5.78 Å². The van der Waals surface area contributed by atoms with Crippen LogP contribution in [0.4, 0.5) is 0 Å². The Bertz CT molecular complexity index is 353. The SMILES string of the molecule is Cc1ccc(C(=O)CN2CCNCC2)cc1. The van der Waals surface area contributed by atoms with E-state index in [1.165, 1.54) is 5.56 Å². The van der Waals surface area contributed by atoms with Gasteiger partial charge in [0.25, 0.3) is 0 Å². The summed E-state index contributed by atoms with van der Waals surface area (Å²) in [6, 6.07) is 7.82. The Morgan fingerprint density at radius 3 is 2.50 bits per heavy atom. The van der Waals surface area contributed by atoms with E-state index >= 15 is 0 Å². The van der Waals surface area contributed by atoms with Crippen molar-refractivity contribution in [2.24, 2.45) is 0 Å². The smallest absolute Gasteiger partial charge is 0.176 e. The van der Waals surface area contributed by atoms with Crippen molar-refractivity contribution in [3.63, 3.8) is 0 Å². The molecular formula is C13H18N2O. The van der Waals surface area contributed by atoms with Gasteiger partial charge in [-0.2, -0.15) is 0 Å². The number of nitrogens with zero attached hydrogens (tertiary/aromatic N) is 1. The summed E-state index contributed by atoms with van der Waals surface area (Å²) in [7, 11) is 0. The van der Waals surface area contributed by atoms with E-state index in [9.17, 15) is 4.79 Å². The van der Waals surface area contributed by atoms with E-state index in [2.05, 4.69) is 10.2 Å². The number of nitrogens with one attached hydrogen (secondary N) is 1. The van der Waals surface area contributed by atoms with Crippen LogP contribution < -0.4 is 5.32 Å². The zero-order valence-corrected chi connectivity index (χ0v) is 9.70. The first-order chi connectivity index (χ1) is 7.75. The van der Waals surface area contributed by atoms with Crippen LogP contribution in [-0.2, 0) is 0 Å². The molecule has 1 fully saturated rings. The molecule has 1 N–H and O–H groups in total. The van der Waals surface area contributed by atoms with Gasteiger partial charge in [0, 0.05) is 31.7 Å². The van der Waals surface area contributed by atoms with Crippen LogP contribution in [0.5, 0.6) is 0 Å². The summed E-state index contributed by atoms with van der Waals surface area (Å²) in [5, 5.41) is 3.28. The van der Waals surface area contributed by atoms with Crippen molar-refractivity contribution in [1.29, 1.82) is 0 Å². The molecule has 1 heterocycles. The van der Waals surface area contributed by atoms with Gasteiger partial charge < -0.3 is 5.32 Å². The Hall–Kier alpha value is -1.19. The standard InChI is InChI=1S/C13H18N2O/c1-11-2-4-12(5-3-11)13(16)10-15-8-6-14-7-9-15/h2-5,14H,6-10H2,1H3. The summed E-state index contributed by atoms with van der Waals surface area (Å²) in [5.41, 5.74) is 2.02. The molecule has 1 aliphatic rings. The molecule has 16 heavy (non-hydrogen) atoms. The summed E-state index contributed by atoms with van der Waals surface area (Å²) in [6.45, 7) is 6.49. The molecule has 0 amide bonds. The van der Waals surface area contributed by atoms with Crippen LogP contribution in [0.2, 0.25) is 0 Å². The van der Waals surface area contributed by atoms with Crippen LogP contribution >= 0.6 is 0 Å². The molecule has 0 unspecified atom stereocenters. The van der Waals surface area contributed by atoms with E-state index < -0.39 is 0 Å². The molecule has 0 saturated carbocycles.